The highest BCUT2D eigenvalue weighted by molar-refractivity contribution is 5.65. The minimum absolute atomic E-state index is 0.442. The van der Waals surface area contributed by atoms with Gasteiger partial charge in [0.25, 0.3) is 0 Å². The lowest BCUT2D eigenvalue weighted by atomic mass is 9.83. The van der Waals surface area contributed by atoms with Crippen LogP contribution in [0.5, 0.6) is 0 Å². The minimum Gasteiger partial charge on any atom is -0.368 e. The Bertz CT molecular complexity index is 452. The molecule has 1 heterocycles. The Morgan fingerprint density at radius 1 is 1.07 bits per heavy atom. The van der Waals surface area contributed by atoms with Gasteiger partial charge in [-0.2, -0.15) is 0 Å². The number of fused-ring (bicyclic) bond motifs is 3. The molecule has 0 bridgehead atoms. The number of benzene rings is 1. The standard InChI is InChI=1S/C13H11N/c1-2-4-12-10(3-1)5-6-11-9-14-8-7-13(11)12/h1-9,13-14H/t13-/m0/s1. The van der Waals surface area contributed by atoms with Gasteiger partial charge in [0.15, 0.2) is 0 Å². The molecule has 1 aliphatic carbocycles. The van der Waals surface area contributed by atoms with Crippen molar-refractivity contribution in [1.29, 1.82) is 0 Å². The summed E-state index contributed by atoms with van der Waals surface area (Å²) < 4.78 is 0. The molecule has 2 aliphatic rings. The van der Waals surface area contributed by atoms with Gasteiger partial charge in [0.05, 0.1) is 0 Å². The molecule has 1 heteroatoms. The first-order chi connectivity index (χ1) is 6.95. The number of rotatable bonds is 0. The molecule has 3 rings (SSSR count). The van der Waals surface area contributed by atoms with Crippen molar-refractivity contribution in [3.8, 4) is 0 Å². The molecule has 14 heavy (non-hydrogen) atoms. The monoisotopic (exact) mass is 181 g/mol. The molecule has 1 aromatic rings. The molecule has 0 amide bonds. The second kappa shape index (κ2) is 2.88. The van der Waals surface area contributed by atoms with E-state index in [9.17, 15) is 0 Å². The third-order valence-corrected chi connectivity index (χ3v) is 2.78. The Morgan fingerprint density at radius 2 is 2.00 bits per heavy atom. The van der Waals surface area contributed by atoms with Gasteiger partial charge in [-0.25, -0.2) is 0 Å². The number of allylic oxidation sites excluding steroid dienone is 3. The smallest absolute Gasteiger partial charge is 0.0306 e. The van der Waals surface area contributed by atoms with E-state index in [1.165, 1.54) is 16.7 Å². The fourth-order valence-electron chi connectivity index (χ4n) is 2.06. The fraction of sp³-hybridized carbons (Fsp3) is 0.0769. The summed E-state index contributed by atoms with van der Waals surface area (Å²) in [7, 11) is 0. The van der Waals surface area contributed by atoms with E-state index < -0.39 is 0 Å². The summed E-state index contributed by atoms with van der Waals surface area (Å²) in [6.07, 6.45) is 10.6. The summed E-state index contributed by atoms with van der Waals surface area (Å²) >= 11 is 0. The molecule has 1 atom stereocenters. The van der Waals surface area contributed by atoms with Gasteiger partial charge in [0.1, 0.15) is 0 Å². The van der Waals surface area contributed by atoms with Crippen LogP contribution in [0, 0.1) is 0 Å². The second-order valence-electron chi connectivity index (χ2n) is 3.61. The summed E-state index contributed by atoms with van der Waals surface area (Å²) in [5, 5.41) is 3.12. The van der Waals surface area contributed by atoms with E-state index in [4.69, 9.17) is 0 Å². The van der Waals surface area contributed by atoms with Crippen molar-refractivity contribution < 1.29 is 0 Å². The van der Waals surface area contributed by atoms with Crippen LogP contribution in [0.4, 0.5) is 0 Å². The highest BCUT2D eigenvalue weighted by Crippen LogP contribution is 2.35. The van der Waals surface area contributed by atoms with Crippen molar-refractivity contribution in [2.24, 2.45) is 0 Å². The Hall–Kier alpha value is -1.76. The van der Waals surface area contributed by atoms with Gasteiger partial charge < -0.3 is 5.32 Å². The molecule has 0 fully saturated rings. The summed E-state index contributed by atoms with van der Waals surface area (Å²) in [4.78, 5) is 0. The van der Waals surface area contributed by atoms with Gasteiger partial charge >= 0.3 is 0 Å². The molecule has 0 spiro atoms. The highest BCUT2D eigenvalue weighted by atomic mass is 14.8. The third kappa shape index (κ3) is 1.02. The predicted molar refractivity (Wildman–Crippen MR) is 58.6 cm³/mol. The van der Waals surface area contributed by atoms with E-state index in [0.29, 0.717) is 5.92 Å². The largest absolute Gasteiger partial charge is 0.368 e. The Morgan fingerprint density at radius 3 is 3.00 bits per heavy atom. The molecule has 1 N–H and O–H groups in total. The van der Waals surface area contributed by atoms with Crippen molar-refractivity contribution in [2.75, 3.05) is 0 Å². The normalized spacial score (nSPS) is 22.0. The van der Waals surface area contributed by atoms with Crippen LogP contribution in [-0.4, -0.2) is 0 Å². The van der Waals surface area contributed by atoms with Gasteiger partial charge in [-0.15, -0.1) is 0 Å². The lowest BCUT2D eigenvalue weighted by Crippen LogP contribution is -2.12. The van der Waals surface area contributed by atoms with Crippen LogP contribution in [0.15, 0.2) is 54.4 Å². The zero-order valence-electron chi connectivity index (χ0n) is 7.77. The van der Waals surface area contributed by atoms with Crippen LogP contribution in [0.2, 0.25) is 0 Å². The van der Waals surface area contributed by atoms with E-state index in [2.05, 4.69) is 54.0 Å². The minimum atomic E-state index is 0.442. The van der Waals surface area contributed by atoms with Crippen LogP contribution in [-0.2, 0) is 0 Å². The zero-order chi connectivity index (χ0) is 9.38. The van der Waals surface area contributed by atoms with Gasteiger partial charge in [0.2, 0.25) is 0 Å². The van der Waals surface area contributed by atoms with E-state index in [1.807, 2.05) is 6.20 Å². The Balaban J connectivity index is 2.19. The topological polar surface area (TPSA) is 12.0 Å². The lowest BCUT2D eigenvalue weighted by Gasteiger charge is -2.23. The molecule has 1 aliphatic heterocycles. The van der Waals surface area contributed by atoms with Crippen LogP contribution in [0.1, 0.15) is 17.0 Å². The molecular formula is C13H11N. The van der Waals surface area contributed by atoms with Crippen LogP contribution in [0.25, 0.3) is 6.08 Å². The van der Waals surface area contributed by atoms with Crippen molar-refractivity contribution in [3.63, 3.8) is 0 Å². The molecule has 0 unspecified atom stereocenters. The van der Waals surface area contributed by atoms with E-state index >= 15 is 0 Å². The lowest BCUT2D eigenvalue weighted by molar-refractivity contribution is 0.938. The number of hydrogen-bond acceptors (Lipinski definition) is 1. The third-order valence-electron chi connectivity index (χ3n) is 2.78. The molecule has 0 saturated heterocycles. The fourth-order valence-corrected chi connectivity index (χ4v) is 2.06. The summed E-state index contributed by atoms with van der Waals surface area (Å²) in [6, 6.07) is 8.56. The summed E-state index contributed by atoms with van der Waals surface area (Å²) in [6.45, 7) is 0. The van der Waals surface area contributed by atoms with Crippen molar-refractivity contribution in [1.82, 2.24) is 5.32 Å². The van der Waals surface area contributed by atoms with Crippen molar-refractivity contribution in [2.45, 2.75) is 5.92 Å². The Kier molecular flexibility index (Phi) is 1.57. The molecule has 1 nitrogen and oxygen atoms in total. The van der Waals surface area contributed by atoms with Gasteiger partial charge in [-0.3, -0.25) is 0 Å². The molecule has 0 radical (unpaired) electrons. The number of hydrogen-bond donors (Lipinski definition) is 1. The van der Waals surface area contributed by atoms with E-state index in [1.54, 1.807) is 0 Å². The molecular weight excluding hydrogens is 170 g/mol. The average Bonchev–Trinajstić information content (AvgIpc) is 2.29. The predicted octanol–water partition coefficient (Wildman–Crippen LogP) is 2.80. The average molecular weight is 181 g/mol. The van der Waals surface area contributed by atoms with Crippen LogP contribution >= 0.6 is 0 Å². The summed E-state index contributed by atoms with van der Waals surface area (Å²) in [5.74, 6) is 0.442. The molecule has 0 aromatic heterocycles. The first-order valence-corrected chi connectivity index (χ1v) is 4.85. The quantitative estimate of drug-likeness (QED) is 0.649. The molecule has 0 saturated carbocycles. The highest BCUT2D eigenvalue weighted by Gasteiger charge is 2.19. The van der Waals surface area contributed by atoms with Crippen LogP contribution < -0.4 is 5.32 Å². The maximum Gasteiger partial charge on any atom is 0.0306 e. The Labute approximate surface area is 83.5 Å². The van der Waals surface area contributed by atoms with Gasteiger partial charge in [0, 0.05) is 12.1 Å². The SMILES string of the molecule is C1=C[C@H]2C(=CN1)C=Cc1ccccc12. The van der Waals surface area contributed by atoms with E-state index in [0.717, 1.165) is 0 Å². The maximum absolute atomic E-state index is 3.12. The molecule has 1 aromatic carbocycles. The first kappa shape index (κ1) is 7.63. The van der Waals surface area contributed by atoms with Gasteiger partial charge in [-0.05, 0) is 22.9 Å². The zero-order valence-corrected chi connectivity index (χ0v) is 7.77. The molecule has 68 valence electrons. The van der Waals surface area contributed by atoms with Crippen molar-refractivity contribution >= 4 is 6.08 Å². The second-order valence-corrected chi connectivity index (χ2v) is 3.61. The van der Waals surface area contributed by atoms with Gasteiger partial charge in [-0.1, -0.05) is 42.5 Å². The number of dihydropyridines is 1. The first-order valence-electron chi connectivity index (χ1n) is 4.85. The van der Waals surface area contributed by atoms with Crippen molar-refractivity contribution in [3.05, 3.63) is 65.5 Å². The summed E-state index contributed by atoms with van der Waals surface area (Å²) in [5.41, 5.74) is 4.08. The van der Waals surface area contributed by atoms with E-state index in [-0.39, 0.29) is 0 Å². The van der Waals surface area contributed by atoms with Crippen LogP contribution in [0.3, 0.4) is 0 Å². The maximum atomic E-state index is 3.12. The number of nitrogens with one attached hydrogen (secondary N) is 1.